The summed E-state index contributed by atoms with van der Waals surface area (Å²) in [5, 5.41) is 16.6. The Kier molecular flexibility index (Phi) is 6.40. The molecule has 2 heterocycles. The summed E-state index contributed by atoms with van der Waals surface area (Å²) in [6, 6.07) is 8.74. The van der Waals surface area contributed by atoms with Gasteiger partial charge in [0.1, 0.15) is 5.92 Å². The predicted octanol–water partition coefficient (Wildman–Crippen LogP) is 3.86. The molecule has 1 aromatic carbocycles. The number of anilines is 1. The quantitative estimate of drug-likeness (QED) is 0.452. The number of alkyl halides is 3. The first-order valence-corrected chi connectivity index (χ1v) is 10.7. The molecule has 3 rings (SSSR count). The minimum atomic E-state index is -5.13. The van der Waals surface area contributed by atoms with Gasteiger partial charge in [-0.05, 0) is 55.2 Å². The predicted molar refractivity (Wildman–Crippen MR) is 115 cm³/mol. The van der Waals surface area contributed by atoms with Crippen molar-refractivity contribution in [3.05, 3.63) is 52.2 Å². The number of rotatable bonds is 6. The Morgan fingerprint density at radius 2 is 1.87 bits per heavy atom. The lowest BCUT2D eigenvalue weighted by molar-refractivity contribution is -0.285. The summed E-state index contributed by atoms with van der Waals surface area (Å²) >= 11 is 5.97. The second-order valence-electron chi connectivity index (χ2n) is 6.92. The molecular formula is C20H22F3N3O2S2. The molecule has 1 fully saturated rings. The summed E-state index contributed by atoms with van der Waals surface area (Å²) in [6.07, 6.45) is -5.13. The van der Waals surface area contributed by atoms with Gasteiger partial charge >= 0.3 is 6.18 Å². The van der Waals surface area contributed by atoms with Crippen LogP contribution in [-0.4, -0.2) is 41.0 Å². The van der Waals surface area contributed by atoms with Crippen molar-refractivity contribution >= 4 is 40.1 Å². The second-order valence-corrected chi connectivity index (χ2v) is 8.28. The Labute approximate surface area is 181 Å². The number of carbonyl (C=O) groups is 1. The van der Waals surface area contributed by atoms with E-state index in [4.69, 9.17) is 12.2 Å². The van der Waals surface area contributed by atoms with Crippen LogP contribution >= 0.6 is 23.6 Å². The molecule has 0 spiro atoms. The van der Waals surface area contributed by atoms with E-state index in [0.717, 1.165) is 30.1 Å². The molecule has 1 aromatic heterocycles. The first-order chi connectivity index (χ1) is 14.1. The lowest BCUT2D eigenvalue weighted by Gasteiger charge is -2.46. The van der Waals surface area contributed by atoms with Crippen molar-refractivity contribution < 1.29 is 23.1 Å². The zero-order valence-electron chi connectivity index (χ0n) is 16.4. The number of hydrogen-bond acceptors (Lipinski definition) is 5. The number of Topliss-reactive ketones (excluding diaryl/α,β-unsaturated/α-hetero) is 1. The van der Waals surface area contributed by atoms with E-state index < -0.39 is 29.6 Å². The van der Waals surface area contributed by atoms with Gasteiger partial charge in [0.2, 0.25) is 5.72 Å². The van der Waals surface area contributed by atoms with E-state index in [0.29, 0.717) is 5.56 Å². The first kappa shape index (κ1) is 22.5. The summed E-state index contributed by atoms with van der Waals surface area (Å²) < 4.78 is 41.8. The fraction of sp³-hybridized carbons (Fsp3) is 0.400. The van der Waals surface area contributed by atoms with Crippen LogP contribution in [-0.2, 0) is 0 Å². The summed E-state index contributed by atoms with van der Waals surface area (Å²) in [5.41, 5.74) is -2.17. The van der Waals surface area contributed by atoms with Gasteiger partial charge in [-0.1, -0.05) is 18.2 Å². The van der Waals surface area contributed by atoms with Crippen molar-refractivity contribution in [2.24, 2.45) is 5.92 Å². The maximum absolute atomic E-state index is 13.9. The molecule has 162 valence electrons. The van der Waals surface area contributed by atoms with Crippen LogP contribution in [0.25, 0.3) is 0 Å². The van der Waals surface area contributed by atoms with E-state index in [9.17, 15) is 23.1 Å². The number of thiophene rings is 1. The van der Waals surface area contributed by atoms with Crippen molar-refractivity contribution in [1.82, 2.24) is 10.6 Å². The van der Waals surface area contributed by atoms with Crippen molar-refractivity contribution in [1.29, 1.82) is 0 Å². The molecule has 1 aliphatic heterocycles. The molecule has 0 amide bonds. The highest BCUT2D eigenvalue weighted by molar-refractivity contribution is 7.80. The van der Waals surface area contributed by atoms with E-state index in [1.54, 1.807) is 35.7 Å². The van der Waals surface area contributed by atoms with Crippen LogP contribution in [0.2, 0.25) is 0 Å². The number of benzene rings is 1. The normalized spacial score (nSPS) is 24.1. The third-order valence-corrected chi connectivity index (χ3v) is 6.34. The fourth-order valence-corrected chi connectivity index (χ4v) is 4.66. The highest BCUT2D eigenvalue weighted by Crippen LogP contribution is 2.44. The maximum Gasteiger partial charge on any atom is 0.437 e. The maximum atomic E-state index is 13.9. The van der Waals surface area contributed by atoms with Gasteiger partial charge in [0.15, 0.2) is 10.9 Å². The van der Waals surface area contributed by atoms with E-state index in [2.05, 4.69) is 10.2 Å². The number of thiocarbonyl (C=S) groups is 1. The van der Waals surface area contributed by atoms with Gasteiger partial charge in [0.05, 0.1) is 10.9 Å². The van der Waals surface area contributed by atoms with Gasteiger partial charge in [-0.2, -0.15) is 13.2 Å². The summed E-state index contributed by atoms with van der Waals surface area (Å²) in [6.45, 7) is 5.56. The van der Waals surface area contributed by atoms with E-state index in [-0.39, 0.29) is 9.99 Å². The molecule has 10 heteroatoms. The molecular weight excluding hydrogens is 435 g/mol. The molecule has 0 unspecified atom stereocenters. The highest BCUT2D eigenvalue weighted by atomic mass is 32.1. The van der Waals surface area contributed by atoms with Crippen LogP contribution in [0.1, 0.15) is 35.1 Å². The molecule has 0 saturated carbocycles. The average Bonchev–Trinajstić information content (AvgIpc) is 3.22. The van der Waals surface area contributed by atoms with Crippen molar-refractivity contribution in [3.8, 4) is 0 Å². The monoisotopic (exact) mass is 457 g/mol. The van der Waals surface area contributed by atoms with Gasteiger partial charge < -0.3 is 20.6 Å². The van der Waals surface area contributed by atoms with Crippen LogP contribution in [0.5, 0.6) is 0 Å². The summed E-state index contributed by atoms with van der Waals surface area (Å²) in [7, 11) is 0. The molecule has 5 nitrogen and oxygen atoms in total. The Balaban J connectivity index is 2.07. The van der Waals surface area contributed by atoms with Gasteiger partial charge in [0, 0.05) is 18.8 Å². The number of carbonyl (C=O) groups excluding carboxylic acids is 1. The molecule has 3 atom stereocenters. The van der Waals surface area contributed by atoms with Crippen molar-refractivity contribution in [2.75, 3.05) is 18.0 Å². The van der Waals surface area contributed by atoms with Crippen molar-refractivity contribution in [2.45, 2.75) is 31.8 Å². The average molecular weight is 458 g/mol. The van der Waals surface area contributed by atoms with Crippen LogP contribution < -0.4 is 15.5 Å². The summed E-state index contributed by atoms with van der Waals surface area (Å²) in [4.78, 5) is 15.3. The second kappa shape index (κ2) is 8.52. The Morgan fingerprint density at radius 1 is 1.23 bits per heavy atom. The molecule has 3 N–H and O–H groups in total. The lowest BCUT2D eigenvalue weighted by atomic mass is 9.78. The fourth-order valence-electron chi connectivity index (χ4n) is 3.67. The number of halogens is 3. The van der Waals surface area contributed by atoms with Gasteiger partial charge in [-0.25, -0.2) is 0 Å². The zero-order chi connectivity index (χ0) is 22.1. The molecule has 0 radical (unpaired) electrons. The van der Waals surface area contributed by atoms with Crippen LogP contribution in [0.15, 0.2) is 41.8 Å². The lowest BCUT2D eigenvalue weighted by Crippen LogP contribution is -2.72. The third-order valence-electron chi connectivity index (χ3n) is 5.23. The van der Waals surface area contributed by atoms with Crippen LogP contribution in [0.4, 0.5) is 18.9 Å². The number of aliphatic hydroxyl groups is 1. The molecule has 30 heavy (non-hydrogen) atoms. The van der Waals surface area contributed by atoms with Gasteiger partial charge in [-0.15, -0.1) is 11.3 Å². The Bertz CT molecular complexity index is 899. The SMILES string of the molecule is CCN(CC)c1ccc([C@@H]2NC(=S)N[C@](O)(C(F)(F)F)[C@@H]2C(=O)c2cccs2)cc1. The standard InChI is InChI=1S/C20H22F3N3O2S2/c1-3-26(4-2)13-9-7-12(8-10-13)16-15(17(27)14-6-5-11-30-14)19(28,20(21,22)23)25-18(29)24-16/h5-11,15-16,28H,3-4H2,1-2H3,(H2,24,25,29)/t15-,16-,19+/m0/s1. The third kappa shape index (κ3) is 4.03. The summed E-state index contributed by atoms with van der Waals surface area (Å²) in [5.74, 6) is -2.69. The van der Waals surface area contributed by atoms with Crippen molar-refractivity contribution in [3.63, 3.8) is 0 Å². The van der Waals surface area contributed by atoms with Gasteiger partial charge in [0.25, 0.3) is 0 Å². The molecule has 0 aliphatic carbocycles. The topological polar surface area (TPSA) is 64.6 Å². The van der Waals surface area contributed by atoms with Crippen LogP contribution in [0, 0.1) is 5.92 Å². The molecule has 1 aliphatic rings. The number of nitrogens with zero attached hydrogens (tertiary/aromatic N) is 1. The van der Waals surface area contributed by atoms with E-state index >= 15 is 0 Å². The van der Waals surface area contributed by atoms with E-state index in [1.165, 1.54) is 6.07 Å². The zero-order valence-corrected chi connectivity index (χ0v) is 18.0. The number of hydrogen-bond donors (Lipinski definition) is 3. The van der Waals surface area contributed by atoms with Gasteiger partial charge in [-0.3, -0.25) is 4.79 Å². The first-order valence-electron chi connectivity index (χ1n) is 9.42. The molecule has 2 aromatic rings. The van der Waals surface area contributed by atoms with E-state index in [1.807, 2.05) is 19.2 Å². The highest BCUT2D eigenvalue weighted by Gasteiger charge is 2.65. The smallest absolute Gasteiger partial charge is 0.372 e. The molecule has 1 saturated heterocycles. The Morgan fingerprint density at radius 3 is 2.37 bits per heavy atom. The number of ketones is 1. The largest absolute Gasteiger partial charge is 0.437 e. The van der Waals surface area contributed by atoms with Crippen LogP contribution in [0.3, 0.4) is 0 Å². The minimum absolute atomic E-state index is 0.129. The Hall–Kier alpha value is -2.17. The molecule has 0 bridgehead atoms. The minimum Gasteiger partial charge on any atom is -0.372 e. The number of nitrogens with one attached hydrogen (secondary N) is 2.